The summed E-state index contributed by atoms with van der Waals surface area (Å²) in [6.07, 6.45) is 1.43. The second kappa shape index (κ2) is 12.4. The highest BCUT2D eigenvalue weighted by atomic mass is 32.2. The van der Waals surface area contributed by atoms with Crippen LogP contribution in [-0.4, -0.2) is 97.8 Å². The van der Waals surface area contributed by atoms with Crippen LogP contribution in [0.2, 0.25) is 0 Å². The van der Waals surface area contributed by atoms with Crippen LogP contribution in [0.15, 0.2) is 39.1 Å². The summed E-state index contributed by atoms with van der Waals surface area (Å²) in [5.74, 6) is 2.14. The summed E-state index contributed by atoms with van der Waals surface area (Å²) in [5.41, 5.74) is 6.97. The van der Waals surface area contributed by atoms with Gasteiger partial charge in [0, 0.05) is 16.9 Å². The maximum Gasteiger partial charge on any atom is 0.352 e. The molecule has 1 saturated heterocycles. The van der Waals surface area contributed by atoms with E-state index in [-0.39, 0.29) is 40.3 Å². The molecule has 18 nitrogen and oxygen atoms in total. The largest absolute Gasteiger partial charge is 0.477 e. The first-order chi connectivity index (χ1) is 20.9. The number of thiazole rings is 1. The average molecular weight is 664 g/mol. The minimum Gasteiger partial charge on any atom is -0.477 e. The molecule has 21 heteroatoms. The Labute approximate surface area is 260 Å². The summed E-state index contributed by atoms with van der Waals surface area (Å²) in [7, 11) is 0. The van der Waals surface area contributed by atoms with E-state index in [1.807, 2.05) is 5.43 Å². The van der Waals surface area contributed by atoms with E-state index in [0.29, 0.717) is 21.9 Å². The summed E-state index contributed by atoms with van der Waals surface area (Å²) in [4.78, 5) is 65.8. The molecule has 44 heavy (non-hydrogen) atoms. The molecule has 2 aliphatic heterocycles. The third-order valence-electron chi connectivity index (χ3n) is 6.43. The van der Waals surface area contributed by atoms with Gasteiger partial charge in [-0.1, -0.05) is 10.4 Å². The number of carboxylic acid groups (broad SMARTS) is 1. The van der Waals surface area contributed by atoms with Gasteiger partial charge >= 0.3 is 5.97 Å². The number of oxime groups is 1. The number of anilines is 1. The van der Waals surface area contributed by atoms with Crippen LogP contribution in [0.5, 0.6) is 0 Å². The van der Waals surface area contributed by atoms with Gasteiger partial charge in [0.1, 0.15) is 27.8 Å². The SMILES string of the molecule is CC(C)(O/N=C(\C(=O)NC1C(=O)N2C(C(=O)O)=C(CSc3cc(CO)n4nncc4n3)CS[C@H]12)c1csc(N)n1)C(=O)NN. The Kier molecular flexibility index (Phi) is 8.74. The van der Waals surface area contributed by atoms with Gasteiger partial charge in [-0.3, -0.25) is 24.7 Å². The Balaban J connectivity index is 1.33. The van der Waals surface area contributed by atoms with Gasteiger partial charge in [-0.15, -0.1) is 40.0 Å². The number of carbonyl (C=O) groups is 4. The molecule has 3 aromatic rings. The number of aliphatic hydroxyl groups excluding tert-OH is 1. The molecule has 2 aliphatic rings. The molecule has 5 heterocycles. The van der Waals surface area contributed by atoms with E-state index >= 15 is 0 Å². The van der Waals surface area contributed by atoms with Crippen molar-refractivity contribution in [1.82, 2.24) is 40.4 Å². The van der Waals surface area contributed by atoms with Crippen molar-refractivity contribution < 1.29 is 34.2 Å². The summed E-state index contributed by atoms with van der Waals surface area (Å²) < 4.78 is 1.39. The van der Waals surface area contributed by atoms with Gasteiger partial charge in [-0.2, -0.15) is 4.52 Å². The molecule has 3 aromatic heterocycles. The van der Waals surface area contributed by atoms with Crippen molar-refractivity contribution in [2.45, 2.75) is 42.5 Å². The number of rotatable bonds is 11. The molecule has 1 unspecified atom stereocenters. The predicted octanol–water partition coefficient (Wildman–Crippen LogP) is -1.32. The van der Waals surface area contributed by atoms with Crippen LogP contribution in [0.1, 0.15) is 25.2 Å². The van der Waals surface area contributed by atoms with E-state index in [0.717, 1.165) is 16.2 Å². The van der Waals surface area contributed by atoms with Crippen LogP contribution in [0, 0.1) is 0 Å². The average Bonchev–Trinajstić information content (AvgIpc) is 3.66. The number of hydrogen-bond donors (Lipinski definition) is 6. The van der Waals surface area contributed by atoms with Crippen LogP contribution < -0.4 is 22.3 Å². The molecule has 2 atom stereocenters. The van der Waals surface area contributed by atoms with Crippen LogP contribution in [-0.2, 0) is 30.6 Å². The Morgan fingerprint density at radius 1 is 1.32 bits per heavy atom. The molecule has 5 rings (SSSR count). The van der Waals surface area contributed by atoms with Crippen LogP contribution in [0.4, 0.5) is 5.13 Å². The highest BCUT2D eigenvalue weighted by molar-refractivity contribution is 8.01. The maximum atomic E-state index is 13.3. The van der Waals surface area contributed by atoms with Crippen molar-refractivity contribution in [2.75, 3.05) is 17.2 Å². The lowest BCUT2D eigenvalue weighted by molar-refractivity contribution is -0.150. The number of carbonyl (C=O) groups excluding carboxylic acids is 3. The fourth-order valence-corrected chi connectivity index (χ4v) is 7.15. The van der Waals surface area contributed by atoms with Gasteiger partial charge in [0.15, 0.2) is 16.5 Å². The van der Waals surface area contributed by atoms with E-state index in [4.69, 9.17) is 16.4 Å². The molecule has 0 radical (unpaired) electrons. The fraction of sp³-hybridized carbons (Fsp3) is 0.348. The Morgan fingerprint density at radius 3 is 2.75 bits per heavy atom. The lowest BCUT2D eigenvalue weighted by Crippen LogP contribution is -2.71. The van der Waals surface area contributed by atoms with E-state index < -0.39 is 40.7 Å². The summed E-state index contributed by atoms with van der Waals surface area (Å²) in [6, 6.07) is 0.539. The van der Waals surface area contributed by atoms with Gasteiger partial charge in [0.25, 0.3) is 17.7 Å². The normalized spacial score (nSPS) is 18.6. The third kappa shape index (κ3) is 5.91. The molecule has 232 valence electrons. The number of fused-ring (bicyclic) bond motifs is 2. The van der Waals surface area contributed by atoms with Crippen LogP contribution in [0.3, 0.4) is 0 Å². The molecule has 0 bridgehead atoms. The lowest BCUT2D eigenvalue weighted by atomic mass is 10.0. The highest BCUT2D eigenvalue weighted by Crippen LogP contribution is 2.41. The van der Waals surface area contributed by atoms with E-state index in [9.17, 15) is 29.4 Å². The Hall–Kier alpha value is -4.31. The molecule has 0 spiro atoms. The quantitative estimate of drug-likeness (QED) is 0.0264. The van der Waals surface area contributed by atoms with Crippen LogP contribution in [0.25, 0.3) is 5.65 Å². The standard InChI is InChI=1S/C23H25N11O7S3/c1-23(2,21(40)30-25)41-31-14(11-8-44-22(24)27-11)17(36)29-15-18(37)33-16(20(38)39)9(7-43-19(15)33)6-42-13-3-10(5-35)34-12(28-13)4-26-32-34/h3-4,8,15,19,35H,5-7,25H2,1-2H3,(H2,24,27)(H,29,36)(H,30,40)(H,38,39)/b31-14-/t15?,19-/m1/s1. The zero-order valence-corrected chi connectivity index (χ0v) is 25.4. The zero-order chi connectivity index (χ0) is 31.8. The summed E-state index contributed by atoms with van der Waals surface area (Å²) >= 11 is 3.55. The number of hydrazine groups is 1. The van der Waals surface area contributed by atoms with Crippen molar-refractivity contribution in [3.63, 3.8) is 0 Å². The van der Waals surface area contributed by atoms with Crippen LogP contribution >= 0.6 is 34.9 Å². The van der Waals surface area contributed by atoms with E-state index in [1.165, 1.54) is 53.5 Å². The highest BCUT2D eigenvalue weighted by Gasteiger charge is 2.54. The molecule has 8 N–H and O–H groups in total. The number of aliphatic carboxylic acids is 1. The first kappa shape index (κ1) is 31.1. The molecule has 0 aromatic carbocycles. The lowest BCUT2D eigenvalue weighted by Gasteiger charge is -2.49. The number of aliphatic hydroxyl groups is 1. The monoisotopic (exact) mass is 663 g/mol. The Morgan fingerprint density at radius 2 is 2.09 bits per heavy atom. The smallest absolute Gasteiger partial charge is 0.352 e. The second-order valence-electron chi connectivity index (χ2n) is 9.74. The summed E-state index contributed by atoms with van der Waals surface area (Å²) in [5, 5.41) is 35.2. The van der Waals surface area contributed by atoms with Gasteiger partial charge in [0.2, 0.25) is 5.60 Å². The molecule has 1 fully saturated rings. The molecule has 0 saturated carbocycles. The zero-order valence-electron chi connectivity index (χ0n) is 23.0. The third-order valence-corrected chi connectivity index (χ3v) is 9.44. The number of thioether (sulfide) groups is 2. The van der Waals surface area contributed by atoms with Crippen molar-refractivity contribution >= 4 is 75.0 Å². The second-order valence-corrected chi connectivity index (χ2v) is 12.7. The number of nitrogens with two attached hydrogens (primary N) is 2. The first-order valence-corrected chi connectivity index (χ1v) is 15.5. The molecular weight excluding hydrogens is 639 g/mol. The number of carboxylic acids is 1. The van der Waals surface area contributed by atoms with Gasteiger partial charge in [0.05, 0.1) is 18.5 Å². The number of nitrogens with zero attached hydrogens (tertiary/aromatic N) is 7. The maximum absolute atomic E-state index is 13.3. The number of nitrogen functional groups attached to an aromatic ring is 1. The molecular formula is C23H25N11O7S3. The van der Waals surface area contributed by atoms with Crippen molar-refractivity contribution in [1.29, 1.82) is 0 Å². The number of nitrogens with one attached hydrogen (secondary N) is 2. The van der Waals surface area contributed by atoms with Gasteiger partial charge in [-0.25, -0.2) is 20.6 Å². The number of amides is 3. The molecule has 3 amide bonds. The van der Waals surface area contributed by atoms with Crippen molar-refractivity contribution in [3.05, 3.63) is 40.3 Å². The number of aromatic nitrogens is 5. The number of β-lactam (4-membered cyclic amide) rings is 1. The van der Waals surface area contributed by atoms with Gasteiger partial charge < -0.3 is 26.1 Å². The number of hydrogen-bond acceptors (Lipinski definition) is 16. The topological polar surface area (TPSA) is 266 Å². The molecule has 0 aliphatic carbocycles. The summed E-state index contributed by atoms with van der Waals surface area (Å²) in [6.45, 7) is 2.45. The first-order valence-electron chi connectivity index (χ1n) is 12.6. The minimum absolute atomic E-state index is 0.0437. The van der Waals surface area contributed by atoms with E-state index in [1.54, 1.807) is 6.07 Å². The van der Waals surface area contributed by atoms with Gasteiger partial charge in [-0.05, 0) is 25.5 Å². The fourth-order valence-electron chi connectivity index (χ4n) is 4.19. The Bertz CT molecular complexity index is 1720. The van der Waals surface area contributed by atoms with Crippen molar-refractivity contribution in [3.8, 4) is 0 Å². The minimum atomic E-state index is -1.56. The van der Waals surface area contributed by atoms with Crippen molar-refractivity contribution in [2.24, 2.45) is 11.0 Å². The van der Waals surface area contributed by atoms with E-state index in [2.05, 4.69) is 30.8 Å². The predicted molar refractivity (Wildman–Crippen MR) is 158 cm³/mol.